The minimum Gasteiger partial charge on any atom is -0.455 e. The topological polar surface area (TPSA) is 49.8 Å². The van der Waals surface area contributed by atoms with Crippen LogP contribution in [0.25, 0.3) is 44.3 Å². The summed E-state index contributed by atoms with van der Waals surface area (Å²) in [5.41, 5.74) is 7.44. The van der Waals surface area contributed by atoms with Gasteiger partial charge in [0.25, 0.3) is 0 Å². The van der Waals surface area contributed by atoms with Gasteiger partial charge in [-0.3, -0.25) is 4.98 Å². The molecule has 0 aliphatic heterocycles. The van der Waals surface area contributed by atoms with E-state index < -0.39 is 5.21 Å². The Morgan fingerprint density at radius 3 is 2.49 bits per heavy atom. The van der Waals surface area contributed by atoms with Crippen molar-refractivity contribution in [1.82, 2.24) is 4.98 Å². The molecule has 6 rings (SSSR count). The predicted molar refractivity (Wildman–Crippen MR) is 143 cm³/mol. The Labute approximate surface area is 207 Å². The van der Waals surface area contributed by atoms with Crippen LogP contribution in [0.4, 0.5) is 0 Å². The molecule has 0 amide bonds. The maximum Gasteiger partial charge on any atom is 0.144 e. The van der Waals surface area contributed by atoms with Crippen LogP contribution in [0.3, 0.4) is 0 Å². The van der Waals surface area contributed by atoms with Crippen molar-refractivity contribution in [3.8, 4) is 28.5 Å². The zero-order chi connectivity index (χ0) is 24.4. The first-order chi connectivity index (χ1) is 16.8. The quantitative estimate of drug-likeness (QED) is 0.281. The standard InChI is InChI=1S/C30H22B2N2O/c1-29(2)13-14-30(31,32)24-16-18(10-12-23(24)29)26-19(17-33)9-11-21-20-6-5-7-22(27(20)35-28(21)26)25-8-3-4-15-34-25/h3-12,15-16H,13-14H2,1-2H3. The molecule has 1 aliphatic carbocycles. The first-order valence-corrected chi connectivity index (χ1v) is 11.8. The van der Waals surface area contributed by atoms with Gasteiger partial charge in [0.05, 0.1) is 33.0 Å². The largest absolute Gasteiger partial charge is 0.455 e. The van der Waals surface area contributed by atoms with Gasteiger partial charge in [-0.15, -0.1) is 0 Å². The molecule has 2 aromatic heterocycles. The molecule has 0 fully saturated rings. The summed E-state index contributed by atoms with van der Waals surface area (Å²) in [7, 11) is 13.1. The molecule has 1 aliphatic rings. The number of nitrogens with zero attached hydrogens (tertiary/aromatic N) is 2. The molecule has 35 heavy (non-hydrogen) atoms. The molecular weight excluding hydrogens is 426 g/mol. The number of furan rings is 1. The summed E-state index contributed by atoms with van der Waals surface area (Å²) >= 11 is 0. The molecule has 3 nitrogen and oxygen atoms in total. The molecule has 0 unspecified atom stereocenters. The third-order valence-corrected chi connectivity index (χ3v) is 7.43. The number of benzene rings is 3. The van der Waals surface area contributed by atoms with Crippen molar-refractivity contribution in [2.75, 3.05) is 0 Å². The number of fused-ring (bicyclic) bond motifs is 4. The van der Waals surface area contributed by atoms with Gasteiger partial charge in [-0.1, -0.05) is 67.4 Å². The normalized spacial score (nSPS) is 16.1. The van der Waals surface area contributed by atoms with Crippen LogP contribution in [0.1, 0.15) is 43.4 Å². The molecule has 0 spiro atoms. The molecule has 0 saturated heterocycles. The van der Waals surface area contributed by atoms with E-state index in [-0.39, 0.29) is 5.41 Å². The minimum atomic E-state index is -0.915. The van der Waals surface area contributed by atoms with E-state index in [2.05, 4.69) is 43.1 Å². The molecule has 5 aromatic rings. The first-order valence-electron chi connectivity index (χ1n) is 11.8. The Morgan fingerprint density at radius 2 is 1.71 bits per heavy atom. The van der Waals surface area contributed by atoms with E-state index in [1.165, 1.54) is 0 Å². The Morgan fingerprint density at radius 1 is 0.886 bits per heavy atom. The van der Waals surface area contributed by atoms with E-state index in [1.54, 1.807) is 6.20 Å². The third kappa shape index (κ3) is 3.32. The Kier molecular flexibility index (Phi) is 4.73. The van der Waals surface area contributed by atoms with Crippen LogP contribution in [-0.2, 0) is 10.6 Å². The van der Waals surface area contributed by atoms with Crippen molar-refractivity contribution in [2.24, 2.45) is 0 Å². The van der Waals surface area contributed by atoms with Crippen molar-refractivity contribution in [2.45, 2.75) is 37.3 Å². The lowest BCUT2D eigenvalue weighted by Gasteiger charge is -2.42. The van der Waals surface area contributed by atoms with E-state index in [0.717, 1.165) is 56.3 Å². The van der Waals surface area contributed by atoms with Gasteiger partial charge in [0.15, 0.2) is 0 Å². The fraction of sp³-hybridized carbons (Fsp3) is 0.200. The highest BCUT2D eigenvalue weighted by atomic mass is 16.3. The van der Waals surface area contributed by atoms with Gasteiger partial charge < -0.3 is 4.42 Å². The van der Waals surface area contributed by atoms with Gasteiger partial charge in [0, 0.05) is 28.1 Å². The zero-order valence-corrected chi connectivity index (χ0v) is 19.8. The van der Waals surface area contributed by atoms with E-state index in [4.69, 9.17) is 20.1 Å². The number of nitriles is 1. The summed E-state index contributed by atoms with van der Waals surface area (Å²) < 4.78 is 6.55. The van der Waals surface area contributed by atoms with Crippen molar-refractivity contribution in [1.29, 1.82) is 5.26 Å². The van der Waals surface area contributed by atoms with Crippen LogP contribution in [0.15, 0.2) is 77.3 Å². The summed E-state index contributed by atoms with van der Waals surface area (Å²) in [6.07, 6.45) is 3.39. The fourth-order valence-electron chi connectivity index (χ4n) is 5.43. The maximum absolute atomic E-state index is 10.0. The van der Waals surface area contributed by atoms with Gasteiger partial charge >= 0.3 is 0 Å². The number of pyridine rings is 1. The van der Waals surface area contributed by atoms with Crippen LogP contribution in [0.5, 0.6) is 0 Å². The van der Waals surface area contributed by atoms with Crippen LogP contribution in [-0.4, -0.2) is 20.7 Å². The minimum absolute atomic E-state index is 0.0167. The number of hydrogen-bond acceptors (Lipinski definition) is 3. The Bertz CT molecular complexity index is 1660. The van der Waals surface area contributed by atoms with Crippen LogP contribution in [0, 0.1) is 11.3 Å². The molecule has 2 heterocycles. The lowest BCUT2D eigenvalue weighted by atomic mass is 9.44. The van der Waals surface area contributed by atoms with Crippen molar-refractivity contribution in [3.05, 3.63) is 89.6 Å². The lowest BCUT2D eigenvalue weighted by molar-refractivity contribution is 0.411. The van der Waals surface area contributed by atoms with Gasteiger partial charge in [-0.25, -0.2) is 0 Å². The third-order valence-electron chi connectivity index (χ3n) is 7.43. The van der Waals surface area contributed by atoms with E-state index in [9.17, 15) is 5.26 Å². The smallest absolute Gasteiger partial charge is 0.144 e. The average Bonchev–Trinajstić information content (AvgIpc) is 3.25. The van der Waals surface area contributed by atoms with Crippen LogP contribution in [0.2, 0.25) is 0 Å². The van der Waals surface area contributed by atoms with Gasteiger partial charge in [-0.2, -0.15) is 5.26 Å². The fourth-order valence-corrected chi connectivity index (χ4v) is 5.43. The second kappa shape index (κ2) is 7.62. The SMILES string of the molecule is [B]C1([B])CCC(C)(C)c2ccc(-c3c(C#N)ccc4c3oc3c(-c5ccccn5)cccc34)cc21. The van der Waals surface area contributed by atoms with Crippen molar-refractivity contribution >= 4 is 37.6 Å². The molecule has 0 bridgehead atoms. The van der Waals surface area contributed by atoms with Gasteiger partial charge in [-0.05, 0) is 53.3 Å². The highest BCUT2D eigenvalue weighted by Gasteiger charge is 2.36. The second-order valence-electron chi connectivity index (χ2n) is 10.2. The number of rotatable bonds is 2. The molecular formula is C30H22B2N2O. The number of aromatic nitrogens is 1. The molecule has 164 valence electrons. The predicted octanol–water partition coefficient (Wildman–Crippen LogP) is 6.75. The molecule has 0 N–H and O–H groups in total. The van der Waals surface area contributed by atoms with E-state index in [0.29, 0.717) is 17.6 Å². The van der Waals surface area contributed by atoms with Crippen LogP contribution >= 0.6 is 0 Å². The highest BCUT2D eigenvalue weighted by molar-refractivity contribution is 6.40. The maximum atomic E-state index is 10.0. The van der Waals surface area contributed by atoms with Crippen molar-refractivity contribution < 1.29 is 4.42 Å². The van der Waals surface area contributed by atoms with E-state index >= 15 is 0 Å². The number of para-hydroxylation sites is 1. The Hall–Kier alpha value is -3.77. The monoisotopic (exact) mass is 448 g/mol. The average molecular weight is 448 g/mol. The zero-order valence-electron chi connectivity index (χ0n) is 19.8. The molecule has 0 saturated carbocycles. The molecule has 3 aromatic carbocycles. The van der Waals surface area contributed by atoms with Gasteiger partial charge in [0.1, 0.15) is 11.2 Å². The first kappa shape index (κ1) is 21.7. The van der Waals surface area contributed by atoms with Gasteiger partial charge in [0.2, 0.25) is 0 Å². The molecule has 0 atom stereocenters. The number of hydrogen-bond donors (Lipinski definition) is 0. The lowest BCUT2D eigenvalue weighted by Crippen LogP contribution is -2.38. The highest BCUT2D eigenvalue weighted by Crippen LogP contribution is 2.46. The van der Waals surface area contributed by atoms with E-state index in [1.807, 2.05) is 48.5 Å². The Balaban J connectivity index is 1.65. The summed E-state index contributed by atoms with van der Waals surface area (Å²) in [6, 6.07) is 24.3. The molecule has 5 heteroatoms. The van der Waals surface area contributed by atoms with Crippen molar-refractivity contribution in [3.63, 3.8) is 0 Å². The summed E-state index contributed by atoms with van der Waals surface area (Å²) in [5, 5.41) is 11.0. The second-order valence-corrected chi connectivity index (χ2v) is 10.2. The summed E-state index contributed by atoms with van der Waals surface area (Å²) in [4.78, 5) is 4.52. The molecule has 4 radical (unpaired) electrons. The van der Waals surface area contributed by atoms with Crippen LogP contribution < -0.4 is 0 Å². The summed E-state index contributed by atoms with van der Waals surface area (Å²) in [6.45, 7) is 4.45. The summed E-state index contributed by atoms with van der Waals surface area (Å²) in [5.74, 6) is 0.